The maximum Gasteiger partial charge on any atom is 0.0431 e. The molecule has 2 heteroatoms. The summed E-state index contributed by atoms with van der Waals surface area (Å²) >= 11 is 0. The van der Waals surface area contributed by atoms with Crippen LogP contribution in [0.3, 0.4) is 0 Å². The molecular formula is C15H25NO. The molecule has 0 aromatic heterocycles. The van der Waals surface area contributed by atoms with Crippen LogP contribution in [-0.2, 0) is 0 Å². The predicted octanol–water partition coefficient (Wildman–Crippen LogP) is 3.13. The normalized spacial score (nSPS) is 10.7. The number of benzene rings is 1. The molecule has 0 aliphatic heterocycles. The summed E-state index contributed by atoms with van der Waals surface area (Å²) in [6, 6.07) is 2.26. The Labute approximate surface area is 105 Å². The van der Waals surface area contributed by atoms with Crippen molar-refractivity contribution in [3.05, 3.63) is 28.3 Å². The first kappa shape index (κ1) is 14.0. The first-order valence-corrected chi connectivity index (χ1v) is 6.38. The number of anilines is 1. The number of aryl methyl sites for hydroxylation is 2. The molecule has 1 aromatic rings. The Hall–Kier alpha value is -1.02. The number of unbranched alkanes of at least 4 members (excludes halogenated alkanes) is 1. The van der Waals surface area contributed by atoms with Gasteiger partial charge < -0.3 is 10.0 Å². The fourth-order valence-electron chi connectivity index (χ4n) is 2.34. The number of hydrogen-bond donors (Lipinski definition) is 1. The van der Waals surface area contributed by atoms with E-state index in [2.05, 4.69) is 45.7 Å². The molecule has 1 N–H and O–H groups in total. The van der Waals surface area contributed by atoms with Crippen molar-refractivity contribution in [2.24, 2.45) is 0 Å². The average Bonchev–Trinajstić information content (AvgIpc) is 2.27. The minimum absolute atomic E-state index is 0.290. The van der Waals surface area contributed by atoms with Crippen LogP contribution < -0.4 is 4.90 Å². The third-order valence-electron chi connectivity index (χ3n) is 3.61. The van der Waals surface area contributed by atoms with Gasteiger partial charge in [0.05, 0.1) is 0 Å². The summed E-state index contributed by atoms with van der Waals surface area (Å²) in [5.74, 6) is 0. The van der Waals surface area contributed by atoms with Gasteiger partial charge in [-0.05, 0) is 62.8 Å². The molecule has 0 bridgehead atoms. The van der Waals surface area contributed by atoms with E-state index in [1.807, 2.05) is 0 Å². The molecule has 1 rings (SSSR count). The van der Waals surface area contributed by atoms with E-state index < -0.39 is 0 Å². The van der Waals surface area contributed by atoms with Crippen molar-refractivity contribution in [3.8, 4) is 0 Å². The standard InChI is InChI=1S/C15H25NO/c1-11-10-12(2)14(4)15(13(11)3)16(5)8-6-7-9-17/h10,17H,6-9H2,1-5H3. The molecular weight excluding hydrogens is 210 g/mol. The third-order valence-corrected chi connectivity index (χ3v) is 3.61. The molecule has 1 aromatic carbocycles. The maximum atomic E-state index is 8.83. The summed E-state index contributed by atoms with van der Waals surface area (Å²) in [5.41, 5.74) is 6.83. The third kappa shape index (κ3) is 3.22. The van der Waals surface area contributed by atoms with Crippen molar-refractivity contribution in [3.63, 3.8) is 0 Å². The van der Waals surface area contributed by atoms with E-state index in [-0.39, 0.29) is 0 Å². The summed E-state index contributed by atoms with van der Waals surface area (Å²) in [6.45, 7) is 10.0. The minimum Gasteiger partial charge on any atom is -0.396 e. The quantitative estimate of drug-likeness (QED) is 0.793. The fraction of sp³-hybridized carbons (Fsp3) is 0.600. The zero-order valence-corrected chi connectivity index (χ0v) is 11.8. The molecule has 0 saturated heterocycles. The lowest BCUT2D eigenvalue weighted by Gasteiger charge is -2.26. The first-order valence-electron chi connectivity index (χ1n) is 6.38. The van der Waals surface area contributed by atoms with E-state index in [0.717, 1.165) is 19.4 Å². The van der Waals surface area contributed by atoms with Crippen LogP contribution in [0.4, 0.5) is 5.69 Å². The number of aliphatic hydroxyl groups is 1. The van der Waals surface area contributed by atoms with Crippen LogP contribution in [0.1, 0.15) is 35.1 Å². The zero-order valence-electron chi connectivity index (χ0n) is 11.8. The van der Waals surface area contributed by atoms with Crippen molar-refractivity contribution in [2.45, 2.75) is 40.5 Å². The molecule has 0 saturated carbocycles. The maximum absolute atomic E-state index is 8.83. The Bertz CT molecular complexity index is 359. The topological polar surface area (TPSA) is 23.5 Å². The molecule has 0 radical (unpaired) electrons. The fourth-order valence-corrected chi connectivity index (χ4v) is 2.34. The Morgan fingerprint density at radius 3 is 2.00 bits per heavy atom. The van der Waals surface area contributed by atoms with E-state index in [1.165, 1.54) is 27.9 Å². The van der Waals surface area contributed by atoms with E-state index >= 15 is 0 Å². The molecule has 96 valence electrons. The zero-order chi connectivity index (χ0) is 13.0. The van der Waals surface area contributed by atoms with Gasteiger partial charge in [-0.2, -0.15) is 0 Å². The second-order valence-electron chi connectivity index (χ2n) is 4.96. The largest absolute Gasteiger partial charge is 0.396 e. The van der Waals surface area contributed by atoms with Gasteiger partial charge in [-0.25, -0.2) is 0 Å². The van der Waals surface area contributed by atoms with E-state index in [0.29, 0.717) is 6.61 Å². The lowest BCUT2D eigenvalue weighted by Crippen LogP contribution is -2.21. The Balaban J connectivity index is 2.95. The van der Waals surface area contributed by atoms with Crippen LogP contribution in [0.15, 0.2) is 6.07 Å². The predicted molar refractivity (Wildman–Crippen MR) is 75.0 cm³/mol. The highest BCUT2D eigenvalue weighted by Gasteiger charge is 2.11. The van der Waals surface area contributed by atoms with Gasteiger partial charge in [-0.1, -0.05) is 6.07 Å². The summed E-state index contributed by atoms with van der Waals surface area (Å²) in [7, 11) is 2.14. The van der Waals surface area contributed by atoms with Crippen molar-refractivity contribution in [1.29, 1.82) is 0 Å². The highest BCUT2D eigenvalue weighted by atomic mass is 16.2. The Morgan fingerprint density at radius 1 is 1.00 bits per heavy atom. The van der Waals surface area contributed by atoms with Crippen molar-refractivity contribution < 1.29 is 5.11 Å². The number of nitrogens with zero attached hydrogens (tertiary/aromatic N) is 1. The number of aliphatic hydroxyl groups excluding tert-OH is 1. The van der Waals surface area contributed by atoms with Crippen LogP contribution in [-0.4, -0.2) is 25.3 Å². The Morgan fingerprint density at radius 2 is 1.53 bits per heavy atom. The van der Waals surface area contributed by atoms with Crippen molar-refractivity contribution in [1.82, 2.24) is 0 Å². The second-order valence-corrected chi connectivity index (χ2v) is 4.96. The van der Waals surface area contributed by atoms with E-state index in [9.17, 15) is 0 Å². The Kier molecular flexibility index (Phi) is 5.01. The summed E-state index contributed by atoms with van der Waals surface area (Å²) < 4.78 is 0. The van der Waals surface area contributed by atoms with Crippen molar-refractivity contribution in [2.75, 3.05) is 25.1 Å². The van der Waals surface area contributed by atoms with Gasteiger partial charge in [-0.3, -0.25) is 0 Å². The minimum atomic E-state index is 0.290. The van der Waals surface area contributed by atoms with Crippen LogP contribution in [0.5, 0.6) is 0 Å². The molecule has 0 aliphatic carbocycles. The lowest BCUT2D eigenvalue weighted by molar-refractivity contribution is 0.285. The van der Waals surface area contributed by atoms with Gasteiger partial charge in [-0.15, -0.1) is 0 Å². The second kappa shape index (κ2) is 6.06. The number of rotatable bonds is 5. The summed E-state index contributed by atoms with van der Waals surface area (Å²) in [5, 5.41) is 8.83. The van der Waals surface area contributed by atoms with Gasteiger partial charge in [0.15, 0.2) is 0 Å². The molecule has 0 fully saturated rings. The van der Waals surface area contributed by atoms with Gasteiger partial charge in [0, 0.05) is 25.9 Å². The SMILES string of the molecule is Cc1cc(C)c(C)c(N(C)CCCCO)c1C. The first-order chi connectivity index (χ1) is 7.99. The molecule has 0 unspecified atom stereocenters. The van der Waals surface area contributed by atoms with E-state index in [1.54, 1.807) is 0 Å². The molecule has 0 aliphatic rings. The molecule has 2 nitrogen and oxygen atoms in total. The van der Waals surface area contributed by atoms with Gasteiger partial charge >= 0.3 is 0 Å². The molecule has 0 heterocycles. The van der Waals surface area contributed by atoms with Crippen LogP contribution in [0.25, 0.3) is 0 Å². The highest BCUT2D eigenvalue weighted by Crippen LogP contribution is 2.29. The van der Waals surface area contributed by atoms with Gasteiger partial charge in [0.25, 0.3) is 0 Å². The van der Waals surface area contributed by atoms with Gasteiger partial charge in [0.2, 0.25) is 0 Å². The van der Waals surface area contributed by atoms with Crippen molar-refractivity contribution >= 4 is 5.69 Å². The summed E-state index contributed by atoms with van der Waals surface area (Å²) in [4.78, 5) is 2.32. The summed E-state index contributed by atoms with van der Waals surface area (Å²) in [6.07, 6.45) is 1.92. The molecule has 0 spiro atoms. The highest BCUT2D eigenvalue weighted by molar-refractivity contribution is 5.63. The van der Waals surface area contributed by atoms with Crippen LogP contribution in [0.2, 0.25) is 0 Å². The van der Waals surface area contributed by atoms with Crippen LogP contribution >= 0.6 is 0 Å². The molecule has 17 heavy (non-hydrogen) atoms. The molecule has 0 amide bonds. The average molecular weight is 235 g/mol. The van der Waals surface area contributed by atoms with E-state index in [4.69, 9.17) is 5.11 Å². The van der Waals surface area contributed by atoms with Gasteiger partial charge in [0.1, 0.15) is 0 Å². The molecule has 0 atom stereocenters. The lowest BCUT2D eigenvalue weighted by atomic mass is 9.98. The number of hydrogen-bond acceptors (Lipinski definition) is 2. The van der Waals surface area contributed by atoms with Crippen LogP contribution in [0, 0.1) is 27.7 Å². The monoisotopic (exact) mass is 235 g/mol. The smallest absolute Gasteiger partial charge is 0.0431 e.